The lowest BCUT2D eigenvalue weighted by molar-refractivity contribution is -0.159. The summed E-state index contributed by atoms with van der Waals surface area (Å²) < 4.78 is 10.4. The van der Waals surface area contributed by atoms with Crippen molar-refractivity contribution in [3.8, 4) is 0 Å². The molecule has 0 aromatic heterocycles. The molecule has 0 aliphatic carbocycles. The van der Waals surface area contributed by atoms with E-state index in [0.717, 1.165) is 0 Å². The summed E-state index contributed by atoms with van der Waals surface area (Å²) in [4.78, 5) is 23.0. The first-order chi connectivity index (χ1) is 9.35. The third-order valence-corrected chi connectivity index (χ3v) is 3.23. The Bertz CT molecular complexity index is 293. The second-order valence-electron chi connectivity index (χ2n) is 4.98. The van der Waals surface area contributed by atoms with Gasteiger partial charge in [0.2, 0.25) is 0 Å². The Morgan fingerprint density at radius 1 is 1.00 bits per heavy atom. The molecule has 0 saturated heterocycles. The lowest BCUT2D eigenvalue weighted by Gasteiger charge is -2.16. The molecule has 0 rings (SSSR count). The minimum Gasteiger partial charge on any atom is -0.462 e. The molecule has 6 heteroatoms. The summed E-state index contributed by atoms with van der Waals surface area (Å²) >= 11 is 8.41. The lowest BCUT2D eigenvalue weighted by atomic mass is 10.2. The van der Waals surface area contributed by atoms with Crippen LogP contribution >= 0.6 is 25.3 Å². The van der Waals surface area contributed by atoms with Crippen LogP contribution in [0.3, 0.4) is 0 Å². The van der Waals surface area contributed by atoms with Gasteiger partial charge in [0.25, 0.3) is 0 Å². The summed E-state index contributed by atoms with van der Waals surface area (Å²) in [5.74, 6) is -0.540. The molecule has 20 heavy (non-hydrogen) atoms. The van der Waals surface area contributed by atoms with Crippen molar-refractivity contribution in [2.45, 2.75) is 69.5 Å². The zero-order chi connectivity index (χ0) is 15.5. The van der Waals surface area contributed by atoms with Crippen molar-refractivity contribution in [2.24, 2.45) is 0 Å². The summed E-state index contributed by atoms with van der Waals surface area (Å²) in [5.41, 5.74) is 0. The highest BCUT2D eigenvalue weighted by Crippen LogP contribution is 2.09. The van der Waals surface area contributed by atoms with Crippen LogP contribution in [0.1, 0.15) is 52.9 Å². The van der Waals surface area contributed by atoms with E-state index < -0.39 is 0 Å². The predicted octanol–water partition coefficient (Wildman–Crippen LogP) is 3.05. The Labute approximate surface area is 132 Å². The van der Waals surface area contributed by atoms with Gasteiger partial charge in [-0.2, -0.15) is 25.3 Å². The standard InChI is InChI=1S/C14H26O4S2/c1-4-12(18-14(16)8-6-11(3)20)9-17-13(15)7-5-10(2)19/h10-12,19-20H,4-9H2,1-3H3. The molecule has 3 atom stereocenters. The van der Waals surface area contributed by atoms with Gasteiger partial charge in [0.15, 0.2) is 0 Å². The Balaban J connectivity index is 3.91. The molecular formula is C14H26O4S2. The number of ether oxygens (including phenoxy) is 2. The summed E-state index contributed by atoms with van der Waals surface area (Å²) in [5, 5.41) is 0.342. The number of esters is 2. The van der Waals surface area contributed by atoms with Crippen molar-refractivity contribution < 1.29 is 19.1 Å². The third-order valence-electron chi connectivity index (χ3n) is 2.72. The van der Waals surface area contributed by atoms with Crippen LogP contribution in [0.2, 0.25) is 0 Å². The topological polar surface area (TPSA) is 52.6 Å². The number of hydrogen-bond donors (Lipinski definition) is 2. The van der Waals surface area contributed by atoms with Crippen LogP contribution in [-0.2, 0) is 19.1 Å². The van der Waals surface area contributed by atoms with E-state index in [2.05, 4.69) is 25.3 Å². The van der Waals surface area contributed by atoms with Gasteiger partial charge in [0.1, 0.15) is 12.7 Å². The molecule has 0 heterocycles. The number of rotatable bonds is 10. The van der Waals surface area contributed by atoms with E-state index >= 15 is 0 Å². The smallest absolute Gasteiger partial charge is 0.306 e. The van der Waals surface area contributed by atoms with E-state index in [1.807, 2.05) is 20.8 Å². The first-order valence-electron chi connectivity index (χ1n) is 7.06. The van der Waals surface area contributed by atoms with Crippen LogP contribution in [0.25, 0.3) is 0 Å². The second-order valence-corrected chi connectivity index (χ2v) is 6.74. The molecule has 0 N–H and O–H groups in total. The SMILES string of the molecule is CCC(COC(=O)CCC(C)S)OC(=O)CCC(C)S. The van der Waals surface area contributed by atoms with Crippen molar-refractivity contribution in [3.63, 3.8) is 0 Å². The van der Waals surface area contributed by atoms with Crippen molar-refractivity contribution in [3.05, 3.63) is 0 Å². The lowest BCUT2D eigenvalue weighted by Crippen LogP contribution is -2.25. The minimum absolute atomic E-state index is 0.123. The van der Waals surface area contributed by atoms with E-state index in [-0.39, 0.29) is 35.1 Å². The van der Waals surface area contributed by atoms with E-state index in [1.165, 1.54) is 0 Å². The van der Waals surface area contributed by atoms with E-state index in [1.54, 1.807) is 0 Å². The third kappa shape index (κ3) is 11.5. The maximum absolute atomic E-state index is 11.6. The van der Waals surface area contributed by atoms with Gasteiger partial charge >= 0.3 is 11.9 Å². The molecule has 0 spiro atoms. The highest BCUT2D eigenvalue weighted by molar-refractivity contribution is 7.81. The van der Waals surface area contributed by atoms with Crippen molar-refractivity contribution in [1.82, 2.24) is 0 Å². The van der Waals surface area contributed by atoms with Crippen LogP contribution < -0.4 is 0 Å². The number of carbonyl (C=O) groups excluding carboxylic acids is 2. The highest BCUT2D eigenvalue weighted by Gasteiger charge is 2.15. The molecule has 118 valence electrons. The fourth-order valence-corrected chi connectivity index (χ4v) is 1.65. The highest BCUT2D eigenvalue weighted by atomic mass is 32.1. The number of carbonyl (C=O) groups is 2. The van der Waals surface area contributed by atoms with Gasteiger partial charge in [-0.1, -0.05) is 20.8 Å². The summed E-state index contributed by atoms with van der Waals surface area (Å²) in [6.45, 7) is 5.87. The molecule has 0 radical (unpaired) electrons. The maximum atomic E-state index is 11.6. The first-order valence-corrected chi connectivity index (χ1v) is 8.09. The normalized spacial score (nSPS) is 15.2. The average molecular weight is 322 g/mol. The molecule has 3 unspecified atom stereocenters. The largest absolute Gasteiger partial charge is 0.462 e. The monoisotopic (exact) mass is 322 g/mol. The van der Waals surface area contributed by atoms with Gasteiger partial charge in [-0.25, -0.2) is 0 Å². The van der Waals surface area contributed by atoms with Crippen molar-refractivity contribution in [1.29, 1.82) is 0 Å². The van der Waals surface area contributed by atoms with Gasteiger partial charge in [-0.3, -0.25) is 9.59 Å². The molecule has 0 aromatic rings. The Morgan fingerprint density at radius 3 is 1.95 bits per heavy atom. The molecule has 0 aromatic carbocycles. The van der Waals surface area contributed by atoms with Gasteiger partial charge in [0, 0.05) is 12.8 Å². The average Bonchev–Trinajstić information content (AvgIpc) is 2.38. The number of thiol groups is 2. The first kappa shape index (κ1) is 19.6. The molecule has 0 aliphatic heterocycles. The Morgan fingerprint density at radius 2 is 1.50 bits per heavy atom. The molecule has 0 aliphatic rings. The molecule has 0 fully saturated rings. The van der Waals surface area contributed by atoms with E-state index in [4.69, 9.17) is 9.47 Å². The van der Waals surface area contributed by atoms with Gasteiger partial charge in [-0.15, -0.1) is 0 Å². The quantitative estimate of drug-likeness (QED) is 0.479. The summed E-state index contributed by atoms with van der Waals surface area (Å²) in [6, 6.07) is 0. The zero-order valence-electron chi connectivity index (χ0n) is 12.5. The fraction of sp³-hybridized carbons (Fsp3) is 0.857. The molecule has 4 nitrogen and oxygen atoms in total. The van der Waals surface area contributed by atoms with Gasteiger partial charge in [0.05, 0.1) is 0 Å². The molecule has 0 saturated carbocycles. The molecule has 0 bridgehead atoms. The number of hydrogen-bond acceptors (Lipinski definition) is 6. The Hall–Kier alpha value is -0.360. The van der Waals surface area contributed by atoms with Crippen LogP contribution in [0.5, 0.6) is 0 Å². The fourth-order valence-electron chi connectivity index (χ4n) is 1.39. The Kier molecular flexibility index (Phi) is 11.1. The second kappa shape index (κ2) is 11.3. The van der Waals surface area contributed by atoms with Crippen LogP contribution in [0.15, 0.2) is 0 Å². The predicted molar refractivity (Wildman–Crippen MR) is 86.5 cm³/mol. The molecule has 0 amide bonds. The van der Waals surface area contributed by atoms with Crippen molar-refractivity contribution >= 4 is 37.2 Å². The minimum atomic E-state index is -0.366. The zero-order valence-corrected chi connectivity index (χ0v) is 14.3. The van der Waals surface area contributed by atoms with E-state index in [9.17, 15) is 9.59 Å². The maximum Gasteiger partial charge on any atom is 0.306 e. The summed E-state index contributed by atoms with van der Waals surface area (Å²) in [7, 11) is 0. The van der Waals surface area contributed by atoms with Crippen LogP contribution in [-0.4, -0.2) is 35.1 Å². The van der Waals surface area contributed by atoms with Crippen LogP contribution in [0.4, 0.5) is 0 Å². The van der Waals surface area contributed by atoms with Gasteiger partial charge < -0.3 is 9.47 Å². The van der Waals surface area contributed by atoms with Gasteiger partial charge in [-0.05, 0) is 29.8 Å². The van der Waals surface area contributed by atoms with Crippen molar-refractivity contribution in [2.75, 3.05) is 6.61 Å². The summed E-state index contributed by atoms with van der Waals surface area (Å²) in [6.07, 6.45) is 2.29. The van der Waals surface area contributed by atoms with E-state index in [0.29, 0.717) is 32.1 Å². The van der Waals surface area contributed by atoms with Crippen LogP contribution in [0, 0.1) is 0 Å². The molecular weight excluding hydrogens is 296 g/mol.